The normalized spacial score (nSPS) is 10.3. The van der Waals surface area contributed by atoms with E-state index in [2.05, 4.69) is 10.3 Å². The Hall–Kier alpha value is -1.99. The van der Waals surface area contributed by atoms with Crippen LogP contribution < -0.4 is 20.7 Å². The van der Waals surface area contributed by atoms with Crippen LogP contribution in [0.25, 0.3) is 0 Å². The molecule has 8 heteroatoms. The van der Waals surface area contributed by atoms with Crippen LogP contribution in [0, 0.1) is 0 Å². The maximum Gasteiger partial charge on any atom is 0.269 e. The molecule has 1 amide bonds. The van der Waals surface area contributed by atoms with Crippen molar-refractivity contribution in [3.8, 4) is 5.75 Å². The SMILES string of the molecule is COc1ccc(Cl)c(NC(=O)c2sc(N(C)C)nc2N)c1. The molecule has 6 nitrogen and oxygen atoms in total. The van der Waals surface area contributed by atoms with E-state index in [-0.39, 0.29) is 11.7 Å². The third-order valence-electron chi connectivity index (χ3n) is 2.65. The lowest BCUT2D eigenvalue weighted by molar-refractivity contribution is 0.103. The van der Waals surface area contributed by atoms with Gasteiger partial charge in [-0.2, -0.15) is 0 Å². The van der Waals surface area contributed by atoms with Gasteiger partial charge in [0.05, 0.1) is 17.8 Å². The van der Waals surface area contributed by atoms with Crippen molar-refractivity contribution < 1.29 is 9.53 Å². The van der Waals surface area contributed by atoms with Crippen LogP contribution in [-0.4, -0.2) is 32.1 Å². The highest BCUT2D eigenvalue weighted by molar-refractivity contribution is 7.18. The third kappa shape index (κ3) is 3.37. The smallest absolute Gasteiger partial charge is 0.269 e. The molecule has 0 radical (unpaired) electrons. The number of nitrogen functional groups attached to an aromatic ring is 1. The first-order chi connectivity index (χ1) is 9.92. The number of carbonyl (C=O) groups excluding carboxylic acids is 1. The molecule has 0 bridgehead atoms. The molecule has 112 valence electrons. The molecule has 0 aliphatic heterocycles. The van der Waals surface area contributed by atoms with Crippen LogP contribution in [0.2, 0.25) is 5.02 Å². The van der Waals surface area contributed by atoms with Crippen molar-refractivity contribution in [2.45, 2.75) is 0 Å². The van der Waals surface area contributed by atoms with Gasteiger partial charge < -0.3 is 20.7 Å². The summed E-state index contributed by atoms with van der Waals surface area (Å²) in [6, 6.07) is 5.00. The van der Waals surface area contributed by atoms with Crippen LogP contribution in [0.1, 0.15) is 9.67 Å². The lowest BCUT2D eigenvalue weighted by Crippen LogP contribution is -2.12. The van der Waals surface area contributed by atoms with Crippen LogP contribution in [0.3, 0.4) is 0 Å². The number of rotatable bonds is 4. The van der Waals surface area contributed by atoms with E-state index in [9.17, 15) is 4.79 Å². The standard InChI is InChI=1S/C13H15ClN4O2S/c1-18(2)13-17-11(15)10(21-13)12(19)16-9-6-7(20-3)4-5-8(9)14/h4-6H,15H2,1-3H3,(H,16,19). The number of anilines is 3. The zero-order valence-corrected chi connectivity index (χ0v) is 13.4. The fourth-order valence-electron chi connectivity index (χ4n) is 1.58. The lowest BCUT2D eigenvalue weighted by atomic mass is 10.3. The minimum Gasteiger partial charge on any atom is -0.497 e. The Morgan fingerprint density at radius 1 is 1.48 bits per heavy atom. The van der Waals surface area contributed by atoms with Crippen LogP contribution in [0.5, 0.6) is 5.75 Å². The van der Waals surface area contributed by atoms with Gasteiger partial charge in [-0.15, -0.1) is 0 Å². The number of benzene rings is 1. The van der Waals surface area contributed by atoms with Crippen LogP contribution in [0.4, 0.5) is 16.6 Å². The Morgan fingerprint density at radius 3 is 2.76 bits per heavy atom. The van der Waals surface area contributed by atoms with Gasteiger partial charge in [0.15, 0.2) is 5.13 Å². The first-order valence-corrected chi connectivity index (χ1v) is 7.20. The predicted molar refractivity (Wildman–Crippen MR) is 86.8 cm³/mol. The number of halogens is 1. The summed E-state index contributed by atoms with van der Waals surface area (Å²) in [4.78, 5) is 18.5. The van der Waals surface area contributed by atoms with Crippen LogP contribution in [0.15, 0.2) is 18.2 Å². The fourth-order valence-corrected chi connectivity index (χ4v) is 2.55. The summed E-state index contributed by atoms with van der Waals surface area (Å²) in [6.07, 6.45) is 0. The third-order valence-corrected chi connectivity index (χ3v) is 4.22. The summed E-state index contributed by atoms with van der Waals surface area (Å²) in [5.74, 6) is 0.439. The summed E-state index contributed by atoms with van der Waals surface area (Å²) in [7, 11) is 5.21. The lowest BCUT2D eigenvalue weighted by Gasteiger charge is -2.08. The molecule has 0 aliphatic carbocycles. The first-order valence-electron chi connectivity index (χ1n) is 6.01. The van der Waals surface area contributed by atoms with Crippen molar-refractivity contribution in [1.29, 1.82) is 0 Å². The summed E-state index contributed by atoms with van der Waals surface area (Å²) < 4.78 is 5.11. The highest BCUT2D eigenvalue weighted by Crippen LogP contribution is 2.30. The maximum absolute atomic E-state index is 12.3. The molecule has 0 saturated carbocycles. The topological polar surface area (TPSA) is 80.5 Å². The molecule has 2 rings (SSSR count). The van der Waals surface area contributed by atoms with Crippen LogP contribution in [-0.2, 0) is 0 Å². The average molecular weight is 327 g/mol. The number of aromatic nitrogens is 1. The van der Waals surface area contributed by atoms with Gasteiger partial charge in [0.2, 0.25) is 0 Å². The number of ether oxygens (including phenoxy) is 1. The number of nitrogens with zero attached hydrogens (tertiary/aromatic N) is 2. The zero-order chi connectivity index (χ0) is 15.6. The molecular formula is C13H15ClN4O2S. The first kappa shape index (κ1) is 15.4. The minimum absolute atomic E-state index is 0.195. The molecule has 0 saturated heterocycles. The second-order valence-corrected chi connectivity index (χ2v) is 5.79. The molecule has 0 spiro atoms. The Morgan fingerprint density at radius 2 is 2.19 bits per heavy atom. The summed E-state index contributed by atoms with van der Waals surface area (Å²) in [5, 5.41) is 3.79. The molecule has 0 aliphatic rings. The number of methoxy groups -OCH3 is 1. The van der Waals surface area contributed by atoms with E-state index < -0.39 is 0 Å². The van der Waals surface area contributed by atoms with E-state index in [1.54, 1.807) is 30.2 Å². The molecule has 1 aromatic carbocycles. The van der Waals surface area contributed by atoms with Gasteiger partial charge in [-0.3, -0.25) is 4.79 Å². The summed E-state index contributed by atoms with van der Waals surface area (Å²) in [5.41, 5.74) is 6.24. The molecule has 0 unspecified atom stereocenters. The average Bonchev–Trinajstić information content (AvgIpc) is 2.83. The Kier molecular flexibility index (Phi) is 4.54. The molecule has 1 heterocycles. The zero-order valence-electron chi connectivity index (χ0n) is 11.8. The van der Waals surface area contributed by atoms with E-state index in [1.165, 1.54) is 11.3 Å². The predicted octanol–water partition coefficient (Wildman–Crippen LogP) is 2.71. The fraction of sp³-hybridized carbons (Fsp3) is 0.231. The van der Waals surface area contributed by atoms with Crippen molar-refractivity contribution in [2.24, 2.45) is 0 Å². The maximum atomic E-state index is 12.3. The molecular weight excluding hydrogens is 312 g/mol. The molecule has 0 fully saturated rings. The Labute approximate surface area is 131 Å². The number of hydrogen-bond donors (Lipinski definition) is 2. The quantitative estimate of drug-likeness (QED) is 0.903. The highest BCUT2D eigenvalue weighted by atomic mass is 35.5. The van der Waals surface area contributed by atoms with E-state index in [0.29, 0.717) is 26.5 Å². The number of carbonyl (C=O) groups is 1. The molecule has 2 aromatic rings. The van der Waals surface area contributed by atoms with E-state index in [4.69, 9.17) is 22.1 Å². The second-order valence-electron chi connectivity index (χ2n) is 4.41. The largest absolute Gasteiger partial charge is 0.497 e. The summed E-state index contributed by atoms with van der Waals surface area (Å²) in [6.45, 7) is 0. The van der Waals surface area contributed by atoms with Gasteiger partial charge in [0.25, 0.3) is 5.91 Å². The summed E-state index contributed by atoms with van der Waals surface area (Å²) >= 11 is 7.27. The Bertz CT molecular complexity index is 672. The van der Waals surface area contributed by atoms with Crippen molar-refractivity contribution in [1.82, 2.24) is 4.98 Å². The number of nitrogens with two attached hydrogens (primary N) is 1. The van der Waals surface area contributed by atoms with Gasteiger partial charge in [0.1, 0.15) is 16.4 Å². The van der Waals surface area contributed by atoms with Gasteiger partial charge >= 0.3 is 0 Å². The Balaban J connectivity index is 2.26. The van der Waals surface area contributed by atoms with Crippen LogP contribution >= 0.6 is 22.9 Å². The molecule has 21 heavy (non-hydrogen) atoms. The van der Waals surface area contributed by atoms with E-state index in [0.717, 1.165) is 0 Å². The molecule has 0 atom stereocenters. The number of nitrogens with one attached hydrogen (secondary N) is 1. The number of thiazole rings is 1. The van der Waals surface area contributed by atoms with Crippen molar-refractivity contribution in [3.05, 3.63) is 28.1 Å². The van der Waals surface area contributed by atoms with E-state index >= 15 is 0 Å². The van der Waals surface area contributed by atoms with Gasteiger partial charge in [0, 0.05) is 20.2 Å². The van der Waals surface area contributed by atoms with Crippen molar-refractivity contribution in [2.75, 3.05) is 37.2 Å². The highest BCUT2D eigenvalue weighted by Gasteiger charge is 2.18. The molecule has 1 aromatic heterocycles. The van der Waals surface area contributed by atoms with Gasteiger partial charge in [-0.1, -0.05) is 22.9 Å². The minimum atomic E-state index is -0.353. The number of amides is 1. The molecule has 3 N–H and O–H groups in total. The van der Waals surface area contributed by atoms with Crippen molar-refractivity contribution >= 4 is 45.5 Å². The second kappa shape index (κ2) is 6.19. The van der Waals surface area contributed by atoms with Gasteiger partial charge in [-0.05, 0) is 12.1 Å². The van der Waals surface area contributed by atoms with Gasteiger partial charge in [-0.25, -0.2) is 4.98 Å². The monoisotopic (exact) mass is 326 g/mol. The van der Waals surface area contributed by atoms with E-state index in [1.807, 2.05) is 14.1 Å². The van der Waals surface area contributed by atoms with Crippen molar-refractivity contribution in [3.63, 3.8) is 0 Å². The number of hydrogen-bond acceptors (Lipinski definition) is 6.